The second kappa shape index (κ2) is 4.33. The molecule has 0 heterocycles. The lowest BCUT2D eigenvalue weighted by Gasteiger charge is -2.41. The first-order chi connectivity index (χ1) is 6.09. The Kier molecular flexibility index (Phi) is 3.62. The molecule has 0 amide bonds. The van der Waals surface area contributed by atoms with Crippen molar-refractivity contribution in [1.82, 2.24) is 5.32 Å². The quantitative estimate of drug-likeness (QED) is 0.708. The van der Waals surface area contributed by atoms with E-state index >= 15 is 0 Å². The van der Waals surface area contributed by atoms with Gasteiger partial charge in [0, 0.05) is 11.3 Å². The van der Waals surface area contributed by atoms with Crippen molar-refractivity contribution in [3.05, 3.63) is 0 Å². The summed E-state index contributed by atoms with van der Waals surface area (Å²) in [6.45, 7) is 2.51. The van der Waals surface area contributed by atoms with Crippen LogP contribution in [0.3, 0.4) is 0 Å². The molecule has 1 atom stereocenters. The van der Waals surface area contributed by atoms with E-state index in [0.717, 1.165) is 6.54 Å². The lowest BCUT2D eigenvalue weighted by Crippen LogP contribution is -2.47. The van der Waals surface area contributed by atoms with Crippen LogP contribution in [0, 0.1) is 0 Å². The van der Waals surface area contributed by atoms with Crippen LogP contribution in [0.4, 0.5) is 0 Å². The maximum absolute atomic E-state index is 10.5. The number of rotatable bonds is 5. The molecule has 76 valence electrons. The van der Waals surface area contributed by atoms with E-state index in [2.05, 4.69) is 11.6 Å². The van der Waals surface area contributed by atoms with Crippen molar-refractivity contribution >= 4 is 17.7 Å². The van der Waals surface area contributed by atoms with Gasteiger partial charge in [0.15, 0.2) is 0 Å². The fourth-order valence-electron chi connectivity index (χ4n) is 1.45. The average Bonchev–Trinajstić information content (AvgIpc) is 2.02. The van der Waals surface area contributed by atoms with Crippen molar-refractivity contribution in [2.75, 3.05) is 12.8 Å². The summed E-state index contributed by atoms with van der Waals surface area (Å²) in [5, 5.41) is 11.7. The van der Waals surface area contributed by atoms with Gasteiger partial charge in [0.05, 0.1) is 0 Å². The van der Waals surface area contributed by atoms with E-state index < -0.39 is 12.0 Å². The first kappa shape index (κ1) is 10.9. The van der Waals surface area contributed by atoms with Crippen LogP contribution in [0.15, 0.2) is 0 Å². The number of nitrogens with one attached hydrogen (secondary N) is 1. The molecule has 0 saturated heterocycles. The van der Waals surface area contributed by atoms with Crippen LogP contribution >= 0.6 is 11.8 Å². The van der Waals surface area contributed by atoms with Gasteiger partial charge in [-0.1, -0.05) is 6.42 Å². The van der Waals surface area contributed by atoms with Gasteiger partial charge in [-0.05, 0) is 26.0 Å². The Morgan fingerprint density at radius 3 is 2.62 bits per heavy atom. The van der Waals surface area contributed by atoms with Crippen molar-refractivity contribution in [2.24, 2.45) is 0 Å². The van der Waals surface area contributed by atoms with Gasteiger partial charge in [0.1, 0.15) is 6.04 Å². The molecule has 0 aliphatic heterocycles. The maximum atomic E-state index is 10.5. The number of carboxylic acids is 1. The number of carboxylic acid groups (broad SMARTS) is 1. The number of carbonyl (C=O) groups is 1. The molecule has 0 aromatic heterocycles. The number of hydrogen-bond donors (Lipinski definition) is 2. The molecule has 13 heavy (non-hydrogen) atoms. The molecular weight excluding hydrogens is 186 g/mol. The number of thioether (sulfide) groups is 1. The minimum Gasteiger partial charge on any atom is -0.480 e. The highest BCUT2D eigenvalue weighted by Crippen LogP contribution is 2.42. The summed E-state index contributed by atoms with van der Waals surface area (Å²) in [5.41, 5.74) is 0. The van der Waals surface area contributed by atoms with Crippen LogP contribution in [0.2, 0.25) is 0 Å². The minimum absolute atomic E-state index is 0.323. The van der Waals surface area contributed by atoms with Gasteiger partial charge in [-0.3, -0.25) is 4.79 Å². The summed E-state index contributed by atoms with van der Waals surface area (Å²) < 4.78 is 0.323. The third kappa shape index (κ3) is 2.61. The Labute approximate surface area is 83.3 Å². The van der Waals surface area contributed by atoms with Gasteiger partial charge in [-0.15, -0.1) is 0 Å². The summed E-state index contributed by atoms with van der Waals surface area (Å²) in [6.07, 6.45) is 5.82. The van der Waals surface area contributed by atoms with E-state index in [1.807, 2.05) is 11.8 Å². The van der Waals surface area contributed by atoms with Crippen LogP contribution in [-0.2, 0) is 4.79 Å². The summed E-state index contributed by atoms with van der Waals surface area (Å²) in [6, 6.07) is -0.426. The largest absolute Gasteiger partial charge is 0.480 e. The highest BCUT2D eigenvalue weighted by molar-refractivity contribution is 8.00. The second-order valence-electron chi connectivity index (χ2n) is 3.68. The molecule has 1 rings (SSSR count). The summed E-state index contributed by atoms with van der Waals surface area (Å²) in [7, 11) is 0. The second-order valence-corrected chi connectivity index (χ2v) is 4.96. The third-order valence-electron chi connectivity index (χ3n) is 2.80. The highest BCUT2D eigenvalue weighted by Gasteiger charge is 2.36. The zero-order valence-electron chi connectivity index (χ0n) is 8.17. The molecule has 1 saturated carbocycles. The first-order valence-corrected chi connectivity index (χ1v) is 5.83. The van der Waals surface area contributed by atoms with Gasteiger partial charge in [0.25, 0.3) is 0 Å². The fraction of sp³-hybridized carbons (Fsp3) is 0.889. The zero-order chi connectivity index (χ0) is 9.90. The van der Waals surface area contributed by atoms with Gasteiger partial charge in [-0.2, -0.15) is 11.8 Å². The molecule has 0 spiro atoms. The number of aliphatic carboxylic acids is 1. The summed E-state index contributed by atoms with van der Waals surface area (Å²) >= 11 is 1.86. The smallest absolute Gasteiger partial charge is 0.320 e. The van der Waals surface area contributed by atoms with E-state index in [4.69, 9.17) is 5.11 Å². The fourth-order valence-corrected chi connectivity index (χ4v) is 2.38. The van der Waals surface area contributed by atoms with Crippen LogP contribution in [0.5, 0.6) is 0 Å². The molecule has 2 N–H and O–H groups in total. The predicted molar refractivity (Wildman–Crippen MR) is 55.2 cm³/mol. The zero-order valence-corrected chi connectivity index (χ0v) is 8.99. The molecule has 1 fully saturated rings. The molecule has 1 aliphatic rings. The minimum atomic E-state index is -0.768. The van der Waals surface area contributed by atoms with Crippen molar-refractivity contribution in [3.63, 3.8) is 0 Å². The van der Waals surface area contributed by atoms with Crippen molar-refractivity contribution in [1.29, 1.82) is 0 Å². The lowest BCUT2D eigenvalue weighted by atomic mass is 9.84. The molecule has 1 aliphatic carbocycles. The SMILES string of the molecule is CSC1(CNC(C)C(=O)O)CCC1. The molecule has 3 nitrogen and oxygen atoms in total. The van der Waals surface area contributed by atoms with E-state index in [1.165, 1.54) is 19.3 Å². The Bertz CT molecular complexity index is 187. The van der Waals surface area contributed by atoms with Crippen LogP contribution in [0.25, 0.3) is 0 Å². The Hall–Kier alpha value is -0.220. The first-order valence-electron chi connectivity index (χ1n) is 4.61. The monoisotopic (exact) mass is 203 g/mol. The Morgan fingerprint density at radius 1 is 1.69 bits per heavy atom. The van der Waals surface area contributed by atoms with Crippen LogP contribution in [0.1, 0.15) is 26.2 Å². The summed E-state index contributed by atoms with van der Waals surface area (Å²) in [5.74, 6) is -0.768. The molecular formula is C9H17NO2S. The third-order valence-corrected chi connectivity index (χ3v) is 4.22. The summed E-state index contributed by atoms with van der Waals surface area (Å²) in [4.78, 5) is 10.5. The lowest BCUT2D eigenvalue weighted by molar-refractivity contribution is -0.139. The molecule has 0 radical (unpaired) electrons. The average molecular weight is 203 g/mol. The van der Waals surface area contributed by atoms with Gasteiger partial charge in [-0.25, -0.2) is 0 Å². The molecule has 0 bridgehead atoms. The van der Waals surface area contributed by atoms with E-state index in [9.17, 15) is 4.79 Å². The molecule has 4 heteroatoms. The van der Waals surface area contributed by atoms with Gasteiger partial charge >= 0.3 is 5.97 Å². The van der Waals surface area contributed by atoms with Crippen molar-refractivity contribution in [2.45, 2.75) is 37.0 Å². The van der Waals surface area contributed by atoms with Gasteiger partial charge < -0.3 is 10.4 Å². The topological polar surface area (TPSA) is 49.3 Å². The molecule has 0 aromatic carbocycles. The van der Waals surface area contributed by atoms with Crippen molar-refractivity contribution < 1.29 is 9.90 Å². The molecule has 1 unspecified atom stereocenters. The van der Waals surface area contributed by atoms with E-state index in [-0.39, 0.29) is 0 Å². The van der Waals surface area contributed by atoms with Crippen LogP contribution < -0.4 is 5.32 Å². The number of hydrogen-bond acceptors (Lipinski definition) is 3. The standard InChI is InChI=1S/C9H17NO2S/c1-7(8(11)12)10-6-9(13-2)4-3-5-9/h7,10H,3-6H2,1-2H3,(H,11,12). The maximum Gasteiger partial charge on any atom is 0.320 e. The van der Waals surface area contributed by atoms with Crippen molar-refractivity contribution in [3.8, 4) is 0 Å². The molecule has 0 aromatic rings. The normalized spacial score (nSPS) is 22.0. The van der Waals surface area contributed by atoms with E-state index in [1.54, 1.807) is 6.92 Å². The highest BCUT2D eigenvalue weighted by atomic mass is 32.2. The van der Waals surface area contributed by atoms with Gasteiger partial charge in [0.2, 0.25) is 0 Å². The van der Waals surface area contributed by atoms with E-state index in [0.29, 0.717) is 4.75 Å². The van der Waals surface area contributed by atoms with Crippen LogP contribution in [-0.4, -0.2) is 34.7 Å². The Balaban J connectivity index is 2.28. The Morgan fingerprint density at radius 2 is 2.31 bits per heavy atom. The predicted octanol–water partition coefficient (Wildman–Crippen LogP) is 1.33.